The summed E-state index contributed by atoms with van der Waals surface area (Å²) in [5.41, 5.74) is 4.04. The highest BCUT2D eigenvalue weighted by Crippen LogP contribution is 2.35. The zero-order chi connectivity index (χ0) is 23.5. The molecule has 0 radical (unpaired) electrons. The number of hydrogen-bond acceptors (Lipinski definition) is 5. The van der Waals surface area contributed by atoms with Crippen LogP contribution >= 0.6 is 11.3 Å². The van der Waals surface area contributed by atoms with Gasteiger partial charge in [0.25, 0.3) is 5.91 Å². The van der Waals surface area contributed by atoms with E-state index in [0.29, 0.717) is 6.54 Å². The third-order valence-corrected chi connectivity index (χ3v) is 8.09. The number of nitrogens with zero attached hydrogens (tertiary/aromatic N) is 3. The van der Waals surface area contributed by atoms with Gasteiger partial charge in [-0.2, -0.15) is 0 Å². The smallest absolute Gasteiger partial charge is 0.264 e. The van der Waals surface area contributed by atoms with Crippen LogP contribution in [0.3, 0.4) is 0 Å². The topological polar surface area (TPSA) is 55.3 Å². The first-order chi connectivity index (χ1) is 16.7. The number of thiophene rings is 1. The highest BCUT2D eigenvalue weighted by atomic mass is 32.1. The molecule has 4 aromatic rings. The van der Waals surface area contributed by atoms with Crippen molar-refractivity contribution < 1.29 is 9.53 Å². The second-order valence-electron chi connectivity index (χ2n) is 8.93. The van der Waals surface area contributed by atoms with Gasteiger partial charge in [0.2, 0.25) is 0 Å². The Balaban J connectivity index is 1.54. The second-order valence-corrected chi connectivity index (χ2v) is 9.98. The van der Waals surface area contributed by atoms with Gasteiger partial charge < -0.3 is 9.64 Å². The Bertz CT molecular complexity index is 1300. The predicted octanol–water partition coefficient (Wildman–Crippen LogP) is 6.65. The Morgan fingerprint density at radius 2 is 1.82 bits per heavy atom. The quantitative estimate of drug-likeness (QED) is 0.316. The number of amides is 1. The molecule has 1 fully saturated rings. The van der Waals surface area contributed by atoms with Crippen molar-refractivity contribution in [1.29, 1.82) is 0 Å². The molecule has 174 valence electrons. The van der Waals surface area contributed by atoms with Gasteiger partial charge in [0.05, 0.1) is 12.0 Å². The molecule has 1 saturated carbocycles. The summed E-state index contributed by atoms with van der Waals surface area (Å²) >= 11 is 1.61. The molecule has 1 amide bonds. The molecule has 34 heavy (non-hydrogen) atoms. The molecule has 2 heterocycles. The fourth-order valence-corrected chi connectivity index (χ4v) is 6.15. The van der Waals surface area contributed by atoms with Crippen LogP contribution in [0.4, 0.5) is 0 Å². The molecule has 1 aliphatic carbocycles. The molecule has 1 aliphatic rings. The molecule has 5 nitrogen and oxygen atoms in total. The molecule has 0 atom stereocenters. The van der Waals surface area contributed by atoms with E-state index in [1.807, 2.05) is 36.7 Å². The summed E-state index contributed by atoms with van der Waals surface area (Å²) in [6.07, 6.45) is 10.8. The van der Waals surface area contributed by atoms with Crippen molar-refractivity contribution in [3.05, 3.63) is 77.2 Å². The number of carbonyl (C=O) groups excluding carboxylic acids is 1. The number of benzene rings is 2. The first-order valence-corrected chi connectivity index (χ1v) is 12.7. The van der Waals surface area contributed by atoms with Crippen molar-refractivity contribution in [2.24, 2.45) is 0 Å². The highest BCUT2D eigenvalue weighted by molar-refractivity contribution is 7.21. The van der Waals surface area contributed by atoms with Crippen LogP contribution in [-0.4, -0.2) is 33.9 Å². The highest BCUT2D eigenvalue weighted by Gasteiger charge is 2.29. The average Bonchev–Trinajstić information content (AvgIpc) is 3.24. The summed E-state index contributed by atoms with van der Waals surface area (Å²) in [6.45, 7) is 2.59. The van der Waals surface area contributed by atoms with Crippen LogP contribution in [0, 0.1) is 6.92 Å². The predicted molar refractivity (Wildman–Crippen MR) is 137 cm³/mol. The Morgan fingerprint density at radius 1 is 1.06 bits per heavy atom. The van der Waals surface area contributed by atoms with E-state index in [1.54, 1.807) is 18.4 Å². The molecule has 2 aromatic carbocycles. The van der Waals surface area contributed by atoms with Crippen LogP contribution in [-0.2, 0) is 6.54 Å². The molecule has 0 bridgehead atoms. The van der Waals surface area contributed by atoms with Crippen molar-refractivity contribution >= 4 is 27.3 Å². The zero-order valence-corrected chi connectivity index (χ0v) is 20.5. The van der Waals surface area contributed by atoms with Gasteiger partial charge in [0.1, 0.15) is 12.1 Å². The lowest BCUT2D eigenvalue weighted by Crippen LogP contribution is -2.41. The van der Waals surface area contributed by atoms with Gasteiger partial charge >= 0.3 is 0 Å². The largest absolute Gasteiger partial charge is 0.496 e. The van der Waals surface area contributed by atoms with Crippen LogP contribution in [0.1, 0.15) is 52.9 Å². The first kappa shape index (κ1) is 22.5. The van der Waals surface area contributed by atoms with Crippen molar-refractivity contribution in [3.63, 3.8) is 0 Å². The molecule has 0 N–H and O–H groups in total. The average molecular weight is 472 g/mol. The van der Waals surface area contributed by atoms with Crippen LogP contribution < -0.4 is 4.74 Å². The fraction of sp³-hybridized carbons (Fsp3) is 0.321. The molecular weight excluding hydrogens is 442 g/mol. The maximum Gasteiger partial charge on any atom is 0.264 e. The number of aromatic nitrogens is 2. The first-order valence-electron chi connectivity index (χ1n) is 11.9. The van der Waals surface area contributed by atoms with Gasteiger partial charge in [0.15, 0.2) is 0 Å². The van der Waals surface area contributed by atoms with Gasteiger partial charge in [-0.15, -0.1) is 11.3 Å². The number of aryl methyl sites for hydroxylation is 1. The molecule has 0 spiro atoms. The lowest BCUT2D eigenvalue weighted by Gasteiger charge is -2.35. The van der Waals surface area contributed by atoms with Crippen LogP contribution in [0.25, 0.3) is 21.2 Å². The van der Waals surface area contributed by atoms with E-state index in [2.05, 4.69) is 40.0 Å². The van der Waals surface area contributed by atoms with E-state index in [4.69, 9.17) is 4.74 Å². The summed E-state index contributed by atoms with van der Waals surface area (Å²) in [5, 5.41) is 1.17. The molecule has 0 aliphatic heterocycles. The monoisotopic (exact) mass is 471 g/mol. The number of methoxy groups -OCH3 is 1. The zero-order valence-electron chi connectivity index (χ0n) is 19.7. The van der Waals surface area contributed by atoms with Gasteiger partial charge in [-0.05, 0) is 54.5 Å². The van der Waals surface area contributed by atoms with Gasteiger partial charge in [-0.3, -0.25) is 4.79 Å². The van der Waals surface area contributed by atoms with Gasteiger partial charge in [-0.1, -0.05) is 43.5 Å². The van der Waals surface area contributed by atoms with Gasteiger partial charge in [0, 0.05) is 40.8 Å². The Hall–Kier alpha value is -3.25. The van der Waals surface area contributed by atoms with Gasteiger partial charge in [-0.25, -0.2) is 9.97 Å². The minimum atomic E-state index is 0.126. The molecule has 5 rings (SSSR count). The van der Waals surface area contributed by atoms with E-state index >= 15 is 0 Å². The lowest BCUT2D eigenvalue weighted by molar-refractivity contribution is 0.0617. The number of carbonyl (C=O) groups is 1. The summed E-state index contributed by atoms with van der Waals surface area (Å²) in [4.78, 5) is 25.3. The van der Waals surface area contributed by atoms with E-state index < -0.39 is 0 Å². The van der Waals surface area contributed by atoms with Crippen molar-refractivity contribution in [2.75, 3.05) is 7.11 Å². The summed E-state index contributed by atoms with van der Waals surface area (Å²) < 4.78 is 6.88. The number of hydrogen-bond donors (Lipinski definition) is 0. The van der Waals surface area contributed by atoms with E-state index in [0.717, 1.165) is 50.4 Å². The lowest BCUT2D eigenvalue weighted by atomic mass is 9.93. The standard InChI is InChI=1S/C28H29N3O2S/c1-19-24-10-6-7-11-26(24)34-27(19)28(32)31(23-8-4-3-5-9-23)17-21-14-20(12-13-25(21)33-2)22-15-29-18-30-16-22/h6-7,10-16,18,23H,3-5,8-9,17H2,1-2H3. The molecule has 2 aromatic heterocycles. The molecule has 6 heteroatoms. The summed E-state index contributed by atoms with van der Waals surface area (Å²) in [6, 6.07) is 14.6. The Labute approximate surface area is 204 Å². The van der Waals surface area contributed by atoms with Crippen LogP contribution in [0.2, 0.25) is 0 Å². The fourth-order valence-electron chi connectivity index (χ4n) is 4.98. The minimum absolute atomic E-state index is 0.126. The third kappa shape index (κ3) is 4.42. The van der Waals surface area contributed by atoms with E-state index in [9.17, 15) is 4.79 Å². The maximum atomic E-state index is 14.1. The normalized spacial score (nSPS) is 14.3. The van der Waals surface area contributed by atoms with E-state index in [-0.39, 0.29) is 11.9 Å². The molecule has 0 saturated heterocycles. The summed E-state index contributed by atoms with van der Waals surface area (Å²) in [7, 11) is 1.69. The van der Waals surface area contributed by atoms with Crippen LogP contribution in [0.5, 0.6) is 5.75 Å². The van der Waals surface area contributed by atoms with E-state index in [1.165, 1.54) is 31.0 Å². The molecule has 0 unspecified atom stereocenters. The minimum Gasteiger partial charge on any atom is -0.496 e. The molecular formula is C28H29N3O2S. The number of fused-ring (bicyclic) bond motifs is 1. The third-order valence-electron chi connectivity index (χ3n) is 6.83. The Morgan fingerprint density at radius 3 is 2.56 bits per heavy atom. The SMILES string of the molecule is COc1ccc(-c2cncnc2)cc1CN(C(=O)c1sc2ccccc2c1C)C1CCCCC1. The summed E-state index contributed by atoms with van der Waals surface area (Å²) in [5.74, 6) is 0.920. The Kier molecular flexibility index (Phi) is 6.59. The van der Waals surface area contributed by atoms with Crippen molar-refractivity contribution in [2.45, 2.75) is 51.6 Å². The van der Waals surface area contributed by atoms with Crippen molar-refractivity contribution in [3.8, 4) is 16.9 Å². The second kappa shape index (κ2) is 9.94. The maximum absolute atomic E-state index is 14.1. The number of ether oxygens (including phenoxy) is 1. The van der Waals surface area contributed by atoms with Crippen molar-refractivity contribution in [1.82, 2.24) is 14.9 Å². The van der Waals surface area contributed by atoms with Crippen LogP contribution in [0.15, 0.2) is 61.2 Å². The number of rotatable bonds is 6.